The minimum atomic E-state index is -3.91. The van der Waals surface area contributed by atoms with Crippen molar-refractivity contribution in [1.82, 2.24) is 4.72 Å². The third kappa shape index (κ3) is 4.33. The van der Waals surface area contributed by atoms with Crippen LogP contribution in [-0.2, 0) is 10.0 Å². The normalized spacial score (nSPS) is 14.4. The number of sulfonamides is 1. The molecule has 0 amide bonds. The van der Waals surface area contributed by atoms with Crippen LogP contribution < -0.4 is 14.2 Å². The molecule has 1 atom stereocenters. The van der Waals surface area contributed by atoms with Crippen LogP contribution in [0.25, 0.3) is 10.1 Å². The Morgan fingerprint density at radius 1 is 0.939 bits per heavy atom. The third-order valence-electron chi connectivity index (χ3n) is 5.46. The van der Waals surface area contributed by atoms with E-state index >= 15 is 0 Å². The van der Waals surface area contributed by atoms with Crippen molar-refractivity contribution >= 4 is 31.4 Å². The molecule has 0 fully saturated rings. The second-order valence-corrected chi connectivity index (χ2v) is 10.5. The van der Waals surface area contributed by atoms with Crippen LogP contribution in [0.15, 0.2) is 77.7 Å². The average molecular weight is 476 g/mol. The van der Waals surface area contributed by atoms with Gasteiger partial charge in [0.1, 0.15) is 0 Å². The molecule has 1 aliphatic heterocycles. The van der Waals surface area contributed by atoms with E-state index in [4.69, 9.17) is 15.9 Å². The molecular weight excluding hydrogens is 454 g/mol. The molecule has 0 spiro atoms. The van der Waals surface area contributed by atoms with E-state index in [1.54, 1.807) is 17.4 Å². The van der Waals surface area contributed by atoms with Gasteiger partial charge in [-0.25, -0.2) is 8.42 Å². The molecule has 0 bridgehead atoms. The lowest BCUT2D eigenvalue weighted by Crippen LogP contribution is -2.29. The number of nitrogens with one attached hydrogen (secondary N) is 1. The lowest BCUT2D eigenvalue weighted by atomic mass is 10.00. The van der Waals surface area contributed by atoms with Crippen molar-refractivity contribution in [3.8, 4) is 23.8 Å². The molecule has 2 heterocycles. The summed E-state index contributed by atoms with van der Waals surface area (Å²) in [4.78, 5) is 0.966. The summed E-state index contributed by atoms with van der Waals surface area (Å²) in [5, 5.41) is 1.05. The summed E-state index contributed by atoms with van der Waals surface area (Å²) in [5.41, 5.74) is 1.37. The lowest BCUT2D eigenvalue weighted by molar-refractivity contribution is 0.297. The third-order valence-corrected chi connectivity index (χ3v) is 8.06. The molecule has 166 valence electrons. The number of thiophene rings is 1. The number of benzene rings is 3. The first-order valence-electron chi connectivity index (χ1n) is 10.5. The number of rotatable bonds is 5. The topological polar surface area (TPSA) is 64.6 Å². The van der Waals surface area contributed by atoms with Crippen LogP contribution in [0.1, 0.15) is 28.5 Å². The molecular formula is C26H21NO4S2. The number of terminal acetylenes is 1. The van der Waals surface area contributed by atoms with Gasteiger partial charge in [0.05, 0.1) is 24.2 Å². The molecule has 0 saturated heterocycles. The minimum absolute atomic E-state index is 0.107. The van der Waals surface area contributed by atoms with Crippen LogP contribution in [0.2, 0.25) is 0 Å². The molecule has 0 radical (unpaired) electrons. The van der Waals surface area contributed by atoms with E-state index in [2.05, 4.69) is 10.6 Å². The van der Waals surface area contributed by atoms with E-state index in [0.717, 1.165) is 26.9 Å². The first-order chi connectivity index (χ1) is 16.0. The van der Waals surface area contributed by atoms with Crippen molar-refractivity contribution in [3.63, 3.8) is 0 Å². The number of hydrogen-bond acceptors (Lipinski definition) is 5. The van der Waals surface area contributed by atoms with Gasteiger partial charge >= 0.3 is 0 Å². The highest BCUT2D eigenvalue weighted by Gasteiger charge is 2.27. The fraction of sp³-hybridized carbons (Fsp3) is 0.154. The molecule has 0 unspecified atom stereocenters. The summed E-state index contributed by atoms with van der Waals surface area (Å²) >= 11 is 1.54. The Hall–Kier alpha value is -3.31. The maximum absolute atomic E-state index is 13.5. The molecule has 5 rings (SSSR count). The number of hydrogen-bond donors (Lipinski definition) is 1. The first-order valence-corrected chi connectivity index (χ1v) is 12.8. The predicted octanol–water partition coefficient (Wildman–Crippen LogP) is 5.11. The van der Waals surface area contributed by atoms with Crippen molar-refractivity contribution in [2.75, 3.05) is 13.2 Å². The van der Waals surface area contributed by atoms with Crippen molar-refractivity contribution in [2.24, 2.45) is 0 Å². The molecule has 7 heteroatoms. The fourth-order valence-electron chi connectivity index (χ4n) is 3.83. The van der Waals surface area contributed by atoms with E-state index in [9.17, 15) is 8.42 Å². The maximum atomic E-state index is 13.5. The smallest absolute Gasteiger partial charge is 0.241 e. The van der Waals surface area contributed by atoms with Crippen LogP contribution in [0, 0.1) is 12.3 Å². The van der Waals surface area contributed by atoms with Gasteiger partial charge in [0.2, 0.25) is 10.0 Å². The summed E-state index contributed by atoms with van der Waals surface area (Å²) in [6, 6.07) is 21.4. The number of fused-ring (bicyclic) bond motifs is 2. The molecule has 4 aromatic rings. The van der Waals surface area contributed by atoms with E-state index in [0.29, 0.717) is 30.3 Å². The molecule has 3 aromatic carbocycles. The Bertz CT molecular complexity index is 1430. The van der Waals surface area contributed by atoms with Crippen LogP contribution in [0.5, 0.6) is 11.5 Å². The average Bonchev–Trinajstić information content (AvgIpc) is 3.12. The zero-order valence-electron chi connectivity index (χ0n) is 17.7. The van der Waals surface area contributed by atoms with Gasteiger partial charge in [-0.3, -0.25) is 0 Å². The van der Waals surface area contributed by atoms with Gasteiger partial charge in [0.25, 0.3) is 0 Å². The molecule has 1 aliphatic rings. The predicted molar refractivity (Wildman–Crippen MR) is 130 cm³/mol. The first kappa shape index (κ1) is 21.5. The molecule has 5 nitrogen and oxygen atoms in total. The standard InChI is InChI=1S/C26H21NO4S2/c1-2-18-8-3-5-10-21(18)26(25-16-19-9-4-6-11-24(19)32-25)27-33(28,29)20-12-13-22-23(17-20)31-15-7-14-30-22/h1,3-6,8-13,16-17,26-27H,7,14-15H2/t26-/m0/s1. The van der Waals surface area contributed by atoms with Crippen LogP contribution in [-0.4, -0.2) is 21.6 Å². The van der Waals surface area contributed by atoms with Crippen molar-refractivity contribution in [2.45, 2.75) is 17.4 Å². The molecule has 0 saturated carbocycles. The van der Waals surface area contributed by atoms with E-state index < -0.39 is 16.1 Å². The lowest BCUT2D eigenvalue weighted by Gasteiger charge is -2.20. The van der Waals surface area contributed by atoms with Gasteiger partial charge in [-0.2, -0.15) is 4.72 Å². The van der Waals surface area contributed by atoms with E-state index in [1.807, 2.05) is 54.6 Å². The van der Waals surface area contributed by atoms with Gasteiger partial charge in [0.15, 0.2) is 11.5 Å². The molecule has 0 aliphatic carbocycles. The largest absolute Gasteiger partial charge is 0.490 e. The Morgan fingerprint density at radius 2 is 1.70 bits per heavy atom. The SMILES string of the molecule is C#Cc1ccccc1[C@H](NS(=O)(=O)c1ccc2c(c1)OCCCO2)c1cc2ccccc2s1. The zero-order chi connectivity index (χ0) is 22.8. The fourth-order valence-corrected chi connectivity index (χ4v) is 6.25. The summed E-state index contributed by atoms with van der Waals surface area (Å²) in [7, 11) is -3.91. The van der Waals surface area contributed by atoms with E-state index in [-0.39, 0.29) is 4.90 Å². The van der Waals surface area contributed by atoms with Gasteiger partial charge in [-0.05, 0) is 41.3 Å². The van der Waals surface area contributed by atoms with Crippen molar-refractivity contribution < 1.29 is 17.9 Å². The number of ether oxygens (including phenoxy) is 2. The maximum Gasteiger partial charge on any atom is 0.241 e. The second-order valence-electron chi connectivity index (χ2n) is 7.63. The Morgan fingerprint density at radius 3 is 2.52 bits per heavy atom. The van der Waals surface area contributed by atoms with Gasteiger partial charge in [0, 0.05) is 27.6 Å². The Labute approximate surface area is 197 Å². The summed E-state index contributed by atoms with van der Waals surface area (Å²) in [6.45, 7) is 1.01. The van der Waals surface area contributed by atoms with Gasteiger partial charge in [-0.15, -0.1) is 17.8 Å². The van der Waals surface area contributed by atoms with Crippen LogP contribution in [0.3, 0.4) is 0 Å². The molecule has 1 N–H and O–H groups in total. The Balaban J connectivity index is 1.58. The minimum Gasteiger partial charge on any atom is -0.490 e. The second kappa shape index (κ2) is 8.91. The van der Waals surface area contributed by atoms with Crippen molar-refractivity contribution in [3.05, 3.63) is 88.8 Å². The molecule has 33 heavy (non-hydrogen) atoms. The highest BCUT2D eigenvalue weighted by atomic mass is 32.2. The highest BCUT2D eigenvalue weighted by Crippen LogP contribution is 2.36. The van der Waals surface area contributed by atoms with Crippen molar-refractivity contribution in [1.29, 1.82) is 0 Å². The summed E-state index contributed by atoms with van der Waals surface area (Å²) in [5.74, 6) is 3.66. The zero-order valence-corrected chi connectivity index (χ0v) is 19.3. The molecule has 1 aromatic heterocycles. The highest BCUT2D eigenvalue weighted by molar-refractivity contribution is 7.89. The monoisotopic (exact) mass is 475 g/mol. The quantitative estimate of drug-likeness (QED) is 0.408. The van der Waals surface area contributed by atoms with Crippen LogP contribution >= 0.6 is 11.3 Å². The summed E-state index contributed by atoms with van der Waals surface area (Å²) in [6.07, 6.45) is 6.50. The summed E-state index contributed by atoms with van der Waals surface area (Å²) < 4.78 is 42.3. The van der Waals surface area contributed by atoms with Gasteiger partial charge in [-0.1, -0.05) is 42.3 Å². The van der Waals surface area contributed by atoms with Crippen LogP contribution in [0.4, 0.5) is 0 Å². The Kier molecular flexibility index (Phi) is 5.81. The van der Waals surface area contributed by atoms with E-state index in [1.165, 1.54) is 12.1 Å². The van der Waals surface area contributed by atoms with Gasteiger partial charge < -0.3 is 9.47 Å².